The molecule has 19 nitrogen and oxygen atoms in total. The smallest absolute Gasteiger partial charge is 0.410 e. The van der Waals surface area contributed by atoms with E-state index in [4.69, 9.17) is 32.5 Å². The molecular weight excluding hydrogens is 887 g/mol. The van der Waals surface area contributed by atoms with Crippen molar-refractivity contribution in [3.05, 3.63) is 95.4 Å². The topological polar surface area (TPSA) is 254 Å². The number of aliphatic hydroxyl groups excluding tert-OH is 2. The van der Waals surface area contributed by atoms with E-state index in [1.807, 2.05) is 0 Å². The Morgan fingerprint density at radius 3 is 2.22 bits per heavy atom. The van der Waals surface area contributed by atoms with Crippen molar-refractivity contribution in [2.45, 2.75) is 115 Å². The van der Waals surface area contributed by atoms with Crippen LogP contribution in [0.2, 0.25) is 0 Å². The third kappa shape index (κ3) is 8.20. The number of benzene rings is 1. The second kappa shape index (κ2) is 18.6. The van der Waals surface area contributed by atoms with Crippen LogP contribution in [-0.4, -0.2) is 148 Å². The van der Waals surface area contributed by atoms with Gasteiger partial charge in [-0.1, -0.05) is 39.0 Å². The number of amides is 2. The molecule has 4 heterocycles. The van der Waals surface area contributed by atoms with E-state index in [9.17, 15) is 39.3 Å². The van der Waals surface area contributed by atoms with E-state index in [0.717, 1.165) is 19.9 Å². The van der Waals surface area contributed by atoms with Gasteiger partial charge in [0.2, 0.25) is 0 Å². The average Bonchev–Trinajstić information content (AvgIpc) is 4.06. The zero-order valence-corrected chi connectivity index (χ0v) is 38.9. The highest BCUT2D eigenvalue weighted by Gasteiger charge is 2.78. The number of furan rings is 2. The maximum atomic E-state index is 16.0. The average molecular weight is 946 g/mol. The summed E-state index contributed by atoms with van der Waals surface area (Å²) in [6, 6.07) is 12.1. The summed E-state index contributed by atoms with van der Waals surface area (Å²) in [4.78, 5) is 89.4. The van der Waals surface area contributed by atoms with Crippen molar-refractivity contribution in [1.29, 1.82) is 0 Å². The number of piperazine rings is 1. The summed E-state index contributed by atoms with van der Waals surface area (Å²) in [5.41, 5.74) is -7.88. The molecule has 366 valence electrons. The molecule has 3 aliphatic carbocycles. The zero-order valence-electron chi connectivity index (χ0n) is 38.9. The molecule has 2 aliphatic heterocycles. The van der Waals surface area contributed by atoms with Crippen LogP contribution in [0.5, 0.6) is 0 Å². The molecular formula is C49H59N3O16. The maximum Gasteiger partial charge on any atom is 0.410 e. The number of ether oxygens (including phenoxy) is 5. The van der Waals surface area contributed by atoms with Gasteiger partial charge in [-0.05, 0) is 74.4 Å². The van der Waals surface area contributed by atoms with Crippen molar-refractivity contribution < 1.29 is 76.6 Å². The number of Topliss-reactive ketones (excluding diaryl/α,β-unsaturated/α-hetero) is 1. The lowest BCUT2D eigenvalue weighted by Crippen LogP contribution is -2.82. The Morgan fingerprint density at radius 1 is 0.926 bits per heavy atom. The third-order valence-corrected chi connectivity index (χ3v) is 15.0. The van der Waals surface area contributed by atoms with E-state index < -0.39 is 113 Å². The van der Waals surface area contributed by atoms with E-state index in [-0.39, 0.29) is 54.3 Å². The third-order valence-electron chi connectivity index (χ3n) is 15.0. The van der Waals surface area contributed by atoms with Crippen LogP contribution in [0.4, 0.5) is 4.79 Å². The van der Waals surface area contributed by atoms with Crippen molar-refractivity contribution in [2.24, 2.45) is 16.7 Å². The Balaban J connectivity index is 1.28. The van der Waals surface area contributed by atoms with Crippen molar-refractivity contribution in [3.63, 3.8) is 0 Å². The molecule has 1 unspecified atom stereocenters. The number of esters is 3. The van der Waals surface area contributed by atoms with Crippen LogP contribution in [0.1, 0.15) is 93.5 Å². The molecule has 2 amide bonds. The zero-order chi connectivity index (χ0) is 48.9. The molecule has 2 bridgehead atoms. The van der Waals surface area contributed by atoms with Crippen LogP contribution in [0, 0.1) is 16.7 Å². The molecule has 4 N–H and O–H groups in total. The van der Waals surface area contributed by atoms with Gasteiger partial charge in [-0.15, -0.1) is 0 Å². The summed E-state index contributed by atoms with van der Waals surface area (Å²) in [6.07, 6.45) is -8.31. The van der Waals surface area contributed by atoms with E-state index in [0.29, 0.717) is 13.1 Å². The van der Waals surface area contributed by atoms with Crippen LogP contribution in [-0.2, 0) is 38.1 Å². The largest absolute Gasteiger partial charge is 0.467 e. The first-order valence-electron chi connectivity index (χ1n) is 23.0. The highest BCUT2D eigenvalue weighted by molar-refractivity contribution is 5.96. The SMILES string of the molecule is CCCN1CCN(C(=O)O[C@H]2C(=O)[C@@]3(C)C([C@H](OC(=O)c4ccccc4)[C@]4(O)C[C@H](OC(=O)[C@H](O)[C@H](NC(=O)c5ccco5)c5ccco5)C(C)=C2C4(C)C)[C@]2(OC(C)=O)CO[C@@H]2C[C@@H]3O)CC1. The summed E-state index contributed by atoms with van der Waals surface area (Å²) in [7, 11) is 0. The van der Waals surface area contributed by atoms with Crippen LogP contribution in [0.3, 0.4) is 0 Å². The highest BCUT2D eigenvalue weighted by Crippen LogP contribution is 2.64. The predicted molar refractivity (Wildman–Crippen MR) is 235 cm³/mol. The van der Waals surface area contributed by atoms with Gasteiger partial charge in [0.25, 0.3) is 5.91 Å². The minimum absolute atomic E-state index is 0.0173. The van der Waals surface area contributed by atoms with Gasteiger partial charge in [0.1, 0.15) is 35.7 Å². The lowest BCUT2D eigenvalue weighted by Gasteiger charge is -2.67. The number of hydrogen-bond donors (Lipinski definition) is 4. The van der Waals surface area contributed by atoms with Crippen molar-refractivity contribution in [3.8, 4) is 0 Å². The fourth-order valence-corrected chi connectivity index (χ4v) is 11.2. The van der Waals surface area contributed by atoms with Gasteiger partial charge in [0.15, 0.2) is 29.4 Å². The molecule has 1 aromatic carbocycles. The Bertz CT molecular complexity index is 2410. The van der Waals surface area contributed by atoms with Gasteiger partial charge in [-0.25, -0.2) is 14.4 Å². The fourth-order valence-electron chi connectivity index (χ4n) is 11.2. The molecule has 2 aromatic heterocycles. The summed E-state index contributed by atoms with van der Waals surface area (Å²) in [5, 5.41) is 40.5. The van der Waals surface area contributed by atoms with Crippen LogP contribution in [0.15, 0.2) is 87.1 Å². The van der Waals surface area contributed by atoms with Crippen molar-refractivity contribution in [2.75, 3.05) is 39.3 Å². The number of rotatable bonds is 12. The van der Waals surface area contributed by atoms with E-state index in [2.05, 4.69) is 17.1 Å². The number of fused-ring (bicyclic) bond motifs is 5. The van der Waals surface area contributed by atoms with Gasteiger partial charge in [0.05, 0.1) is 42.1 Å². The number of carbonyl (C=O) groups is 6. The van der Waals surface area contributed by atoms with Gasteiger partial charge in [0, 0.05) is 51.4 Å². The molecule has 2 saturated carbocycles. The number of carbonyl (C=O) groups excluding carboxylic acids is 6. The molecule has 8 rings (SSSR count). The number of nitrogens with zero attached hydrogens (tertiary/aromatic N) is 2. The summed E-state index contributed by atoms with van der Waals surface area (Å²) >= 11 is 0. The second-order valence-electron chi connectivity index (χ2n) is 19.2. The summed E-state index contributed by atoms with van der Waals surface area (Å²) in [6.45, 7) is 11.4. The number of aliphatic hydroxyl groups is 3. The van der Waals surface area contributed by atoms with Crippen LogP contribution in [0.25, 0.3) is 0 Å². The maximum absolute atomic E-state index is 16.0. The summed E-state index contributed by atoms with van der Waals surface area (Å²) in [5.74, 6) is -6.45. The monoisotopic (exact) mass is 945 g/mol. The first-order valence-corrected chi connectivity index (χ1v) is 23.0. The first kappa shape index (κ1) is 48.6. The lowest BCUT2D eigenvalue weighted by atomic mass is 9.44. The Labute approximate surface area is 392 Å². The predicted octanol–water partition coefficient (Wildman–Crippen LogP) is 3.52. The molecule has 68 heavy (non-hydrogen) atoms. The quantitative estimate of drug-likeness (QED) is 0.115. The van der Waals surface area contributed by atoms with E-state index in [1.54, 1.807) is 32.0 Å². The van der Waals surface area contributed by atoms with Crippen molar-refractivity contribution >= 4 is 35.7 Å². The van der Waals surface area contributed by atoms with Crippen molar-refractivity contribution in [1.82, 2.24) is 15.1 Å². The minimum Gasteiger partial charge on any atom is -0.467 e. The molecule has 0 spiro atoms. The normalized spacial score (nSPS) is 31.9. The molecule has 3 aromatic rings. The lowest BCUT2D eigenvalue weighted by molar-refractivity contribution is -0.345. The van der Waals surface area contributed by atoms with Crippen LogP contribution < -0.4 is 5.32 Å². The molecule has 19 heteroatoms. The second-order valence-corrected chi connectivity index (χ2v) is 19.2. The molecule has 2 saturated heterocycles. The number of nitrogens with one attached hydrogen (secondary N) is 1. The molecule has 4 fully saturated rings. The standard InChI is InChI=1S/C49H59N3O16/c1-7-17-51-18-20-52(21-19-51)45(60)66-38-35-27(2)32(65-44(59)37(55)36(30-15-11-22-62-30)50-42(57)31-16-12-23-63-31)25-49(61,46(35,4)5)41(67-43(58)29-13-9-8-10-14-29)39-47(6,40(38)56)33(54)24-34-48(39,26-64-34)68-28(3)53/h8-16,22-23,32-34,36-39,41,54-55,61H,7,17-21,24-26H2,1-6H3,(H,50,57)/t32-,33-,34+,36+,37+,38+,39?,41-,47+,48-,49+/m0/s1. The van der Waals surface area contributed by atoms with Gasteiger partial charge >= 0.3 is 24.0 Å². The number of hydrogen-bond acceptors (Lipinski definition) is 17. The first-order chi connectivity index (χ1) is 32.3. The van der Waals surface area contributed by atoms with Crippen LogP contribution >= 0.6 is 0 Å². The van der Waals surface area contributed by atoms with E-state index >= 15 is 4.79 Å². The molecule has 0 radical (unpaired) electrons. The molecule has 11 atom stereocenters. The number of ketones is 1. The van der Waals surface area contributed by atoms with Gasteiger partial charge in [-0.3, -0.25) is 19.3 Å². The van der Waals surface area contributed by atoms with E-state index in [1.165, 1.54) is 67.7 Å². The highest BCUT2D eigenvalue weighted by atomic mass is 16.6. The van der Waals surface area contributed by atoms with Gasteiger partial charge in [-0.2, -0.15) is 0 Å². The Hall–Kier alpha value is -5.86. The molecule has 5 aliphatic rings. The Kier molecular flexibility index (Phi) is 13.3. The fraction of sp³-hybridized carbons (Fsp3) is 0.551. The Morgan fingerprint density at radius 2 is 1.62 bits per heavy atom. The minimum atomic E-state index is -2.44. The summed E-state index contributed by atoms with van der Waals surface area (Å²) < 4.78 is 41.8. The van der Waals surface area contributed by atoms with Gasteiger partial charge < -0.3 is 58.1 Å².